The van der Waals surface area contributed by atoms with Crippen molar-refractivity contribution in [3.05, 3.63) is 71.0 Å². The van der Waals surface area contributed by atoms with Crippen LogP contribution in [0.25, 0.3) is 21.8 Å². The first-order valence-electron chi connectivity index (χ1n) is 20.9. The van der Waals surface area contributed by atoms with Gasteiger partial charge in [0.1, 0.15) is 17.0 Å². The number of hydrogen-bond donors (Lipinski definition) is 4. The zero-order chi connectivity index (χ0) is 43.0. The van der Waals surface area contributed by atoms with Crippen LogP contribution in [0.4, 0.5) is 20.2 Å². The van der Waals surface area contributed by atoms with Gasteiger partial charge in [0, 0.05) is 93.7 Å². The van der Waals surface area contributed by atoms with E-state index in [4.69, 9.17) is 21.1 Å². The minimum Gasteiger partial charge on any atom is -0.492 e. The van der Waals surface area contributed by atoms with E-state index in [2.05, 4.69) is 41.6 Å². The second kappa shape index (κ2) is 17.5. The van der Waals surface area contributed by atoms with Gasteiger partial charge in [-0.05, 0) is 57.6 Å². The molecule has 0 spiro atoms. The second-order valence-corrected chi connectivity index (χ2v) is 16.4. The van der Waals surface area contributed by atoms with E-state index >= 15 is 8.78 Å². The molecule has 0 amide bonds. The fourth-order valence-electron chi connectivity index (χ4n) is 9.05. The smallest absolute Gasteiger partial charge is 0.350 e. The van der Waals surface area contributed by atoms with Gasteiger partial charge in [0.15, 0.2) is 11.6 Å². The second-order valence-electron chi connectivity index (χ2n) is 16.4. The molecule has 2 atom stereocenters. The number of ether oxygens (including phenoxy) is 1. The van der Waals surface area contributed by atoms with Crippen molar-refractivity contribution >= 4 is 33.2 Å². The van der Waals surface area contributed by atoms with Crippen molar-refractivity contribution in [3.63, 3.8) is 0 Å². The highest BCUT2D eigenvalue weighted by Crippen LogP contribution is 2.44. The molecule has 4 aromatic rings. The molecule has 60 heavy (non-hydrogen) atoms. The van der Waals surface area contributed by atoms with Crippen LogP contribution in [-0.2, 0) is 0 Å². The van der Waals surface area contributed by atoms with Gasteiger partial charge >= 0.3 is 11.4 Å². The highest BCUT2D eigenvalue weighted by Gasteiger charge is 2.39. The van der Waals surface area contributed by atoms with Crippen molar-refractivity contribution in [1.29, 1.82) is 10.5 Å². The first-order valence-corrected chi connectivity index (χ1v) is 20.9. The van der Waals surface area contributed by atoms with E-state index in [1.165, 1.54) is 23.8 Å². The Labute approximate surface area is 345 Å². The summed E-state index contributed by atoms with van der Waals surface area (Å²) in [7, 11) is 1.44. The average Bonchev–Trinajstić information content (AvgIpc) is 4.13. The quantitative estimate of drug-likeness (QED) is 0.101. The number of nitriles is 2. The topological polar surface area (TPSA) is 212 Å². The Morgan fingerprint density at radius 2 is 1.32 bits per heavy atom. The first-order chi connectivity index (χ1) is 28.9. The summed E-state index contributed by atoms with van der Waals surface area (Å²) in [6.07, 6.45) is 6.13. The molecule has 2 aromatic carbocycles. The van der Waals surface area contributed by atoms with Crippen LogP contribution in [0.3, 0.4) is 0 Å². The fourth-order valence-corrected chi connectivity index (χ4v) is 9.05. The van der Waals surface area contributed by atoms with Gasteiger partial charge in [0.2, 0.25) is 0 Å². The van der Waals surface area contributed by atoms with E-state index in [1.807, 2.05) is 9.80 Å². The van der Waals surface area contributed by atoms with E-state index in [9.17, 15) is 19.2 Å². The van der Waals surface area contributed by atoms with Gasteiger partial charge in [-0.2, -0.15) is 15.2 Å². The van der Waals surface area contributed by atoms with Gasteiger partial charge in [-0.3, -0.25) is 23.7 Å². The number of rotatable bonds is 15. The molecule has 8 rings (SSSR count). The number of anilines is 2. The lowest BCUT2D eigenvalue weighted by atomic mass is 9.88. The lowest BCUT2D eigenvalue weighted by Gasteiger charge is -2.45. The van der Waals surface area contributed by atoms with Crippen LogP contribution < -0.4 is 53.5 Å². The third-order valence-corrected chi connectivity index (χ3v) is 12.5. The summed E-state index contributed by atoms with van der Waals surface area (Å²) in [6, 6.07) is 7.22. The number of aryl methyl sites for hydroxylation is 1. The zero-order valence-corrected chi connectivity index (χ0v) is 34.5. The summed E-state index contributed by atoms with van der Waals surface area (Å²) in [5.41, 5.74) is -0.0951. The molecule has 0 bridgehead atoms. The van der Waals surface area contributed by atoms with E-state index in [-0.39, 0.29) is 40.7 Å². The van der Waals surface area contributed by atoms with Crippen LogP contribution in [-0.4, -0.2) is 77.3 Å². The van der Waals surface area contributed by atoms with Gasteiger partial charge in [-0.25, -0.2) is 18.4 Å². The van der Waals surface area contributed by atoms with Crippen molar-refractivity contribution in [2.45, 2.75) is 96.3 Å². The Kier molecular flexibility index (Phi) is 12.4. The predicted octanol–water partition coefficient (Wildman–Crippen LogP) is 3.27. The highest BCUT2D eigenvalue weighted by atomic mass is 19.1. The lowest BCUT2D eigenvalue weighted by molar-refractivity contribution is 0.284. The first kappa shape index (κ1) is 42.4. The number of hydrogen-bond acceptors (Lipinski definition) is 12. The van der Waals surface area contributed by atoms with Gasteiger partial charge in [0.25, 0.3) is 11.1 Å². The van der Waals surface area contributed by atoms with Crippen molar-refractivity contribution in [2.24, 2.45) is 11.8 Å². The largest absolute Gasteiger partial charge is 0.492 e. The minimum atomic E-state index is -0.672. The number of nitrogens with zero attached hydrogens (tertiary/aromatic N) is 7. The maximum atomic E-state index is 15.1. The number of benzene rings is 2. The highest BCUT2D eigenvalue weighted by molar-refractivity contribution is 5.91. The van der Waals surface area contributed by atoms with Crippen LogP contribution in [0, 0.1) is 53.1 Å². The summed E-state index contributed by atoms with van der Waals surface area (Å²) in [6.45, 7) is 9.87. The molecule has 2 aromatic heterocycles. The van der Waals surface area contributed by atoms with Crippen LogP contribution >= 0.6 is 0 Å². The summed E-state index contributed by atoms with van der Waals surface area (Å²) in [5, 5.41) is 24.5. The van der Waals surface area contributed by atoms with Gasteiger partial charge in [-0.1, -0.05) is 13.8 Å². The van der Waals surface area contributed by atoms with Crippen LogP contribution in [0.5, 0.6) is 5.75 Å². The fraction of sp³-hybridized carbons (Fsp3) is 0.571. The molecule has 18 heteroatoms. The third kappa shape index (κ3) is 7.86. The molecule has 5 N–H and O–H groups in total. The molecule has 4 heterocycles. The molecule has 2 saturated heterocycles. The zero-order valence-electron chi connectivity index (χ0n) is 34.5. The van der Waals surface area contributed by atoms with Gasteiger partial charge in [-0.15, -0.1) is 0 Å². The number of aromatic amines is 1. The summed E-state index contributed by atoms with van der Waals surface area (Å²) < 4.78 is 39.5. The number of nitrogens with two attached hydrogens (primary N) is 1. The van der Waals surface area contributed by atoms with Crippen LogP contribution in [0.2, 0.25) is 0 Å². The van der Waals surface area contributed by atoms with Crippen molar-refractivity contribution in [3.8, 4) is 17.9 Å². The maximum Gasteiger partial charge on any atom is 0.350 e. The number of methoxy groups -OCH3 is 1. The SMILES string of the molecule is CCC(NCCC#N)C1CN(c2c(F)cc3c(=O)[nH]c(=O)n(C4CC4)c3c2OC)C1.CCC(NCCC#N)C1CN(c2c(F)cc3c(=O)n(N)c(=O)n(C4CC4)c3c2C)C1. The Hall–Kier alpha value is -5.72. The molecule has 4 aliphatic rings. The van der Waals surface area contributed by atoms with Gasteiger partial charge < -0.3 is 31.0 Å². The molecular formula is C42H53F2N11O5. The molecule has 2 aliphatic carbocycles. The Bertz CT molecular complexity index is 2610. The molecule has 0 radical (unpaired) electrons. The number of H-pyrrole nitrogens is 1. The van der Waals surface area contributed by atoms with E-state index in [0.29, 0.717) is 96.6 Å². The summed E-state index contributed by atoms with van der Waals surface area (Å²) >= 11 is 0. The van der Waals surface area contributed by atoms with E-state index < -0.39 is 34.1 Å². The number of aromatic nitrogens is 4. The third-order valence-electron chi connectivity index (χ3n) is 12.5. The van der Waals surface area contributed by atoms with Crippen LogP contribution in [0.1, 0.15) is 82.9 Å². The number of halogens is 2. The Balaban J connectivity index is 0.000000181. The molecule has 16 nitrogen and oxygen atoms in total. The van der Waals surface area contributed by atoms with Crippen molar-refractivity contribution < 1.29 is 13.5 Å². The number of nitrogen functional groups attached to an aromatic ring is 1. The van der Waals surface area contributed by atoms with Gasteiger partial charge in [0.05, 0.1) is 41.2 Å². The molecule has 2 aliphatic heterocycles. The monoisotopic (exact) mass is 829 g/mol. The molecular weight excluding hydrogens is 777 g/mol. The molecule has 320 valence electrons. The number of fused-ring (bicyclic) bond motifs is 2. The van der Waals surface area contributed by atoms with E-state index in [1.54, 1.807) is 11.5 Å². The van der Waals surface area contributed by atoms with Crippen LogP contribution in [0.15, 0.2) is 31.3 Å². The summed E-state index contributed by atoms with van der Waals surface area (Å²) in [4.78, 5) is 56.2. The van der Waals surface area contributed by atoms with Crippen molar-refractivity contribution in [2.75, 3.05) is 62.0 Å². The van der Waals surface area contributed by atoms with E-state index in [0.717, 1.165) is 38.5 Å². The normalized spacial score (nSPS) is 17.7. The Morgan fingerprint density at radius 3 is 1.82 bits per heavy atom. The molecule has 2 unspecified atom stereocenters. The van der Waals surface area contributed by atoms with Crippen molar-refractivity contribution in [1.82, 2.24) is 29.4 Å². The average molecular weight is 830 g/mol. The molecule has 2 saturated carbocycles. The predicted molar refractivity (Wildman–Crippen MR) is 225 cm³/mol. The Morgan fingerprint density at radius 1 is 0.817 bits per heavy atom. The molecule has 4 fully saturated rings. The summed E-state index contributed by atoms with van der Waals surface area (Å²) in [5.74, 6) is 5.58. The lowest BCUT2D eigenvalue weighted by Crippen LogP contribution is -2.56. The maximum absolute atomic E-state index is 15.1. The standard InChI is InChI=1S/C21H27FN6O2.C21H26FN5O3/c1-3-17(25-8-4-7-23)13-10-26(11-13)19-12(2)18-15(9-16(19)22)20(29)28(24)21(30)27(18)14-5-6-14;1-3-16(24-8-4-7-23)12-10-26(11-12)18-15(22)9-14-17(19(18)30-2)27(13-5-6-13)21(29)25-20(14)28/h9,13-14,17,25H,3-6,8,10-11,24H2,1-2H3;9,12-13,16,24H,3-6,8,10-11H2,1-2H3,(H,25,28,29). The number of nitrogens with one attached hydrogen (secondary N) is 3. The minimum absolute atomic E-state index is 0.00186.